The zero-order valence-electron chi connectivity index (χ0n) is 11.9. The zero-order chi connectivity index (χ0) is 14.8. The van der Waals surface area contributed by atoms with E-state index in [2.05, 4.69) is 25.3 Å². The van der Waals surface area contributed by atoms with E-state index in [-0.39, 0.29) is 0 Å². The highest BCUT2D eigenvalue weighted by atomic mass is 32.2. The number of thiazole rings is 1. The van der Waals surface area contributed by atoms with E-state index in [1.54, 1.807) is 11.3 Å². The van der Waals surface area contributed by atoms with E-state index in [0.717, 1.165) is 22.3 Å². The summed E-state index contributed by atoms with van der Waals surface area (Å²) < 4.78 is 0. The number of hydrogen-bond donors (Lipinski definition) is 0. The standard InChI is InChI=1S/C16H16N2S3/c1-10-11(2)21-15(9-19-10)16-18-14(8-20-16)13-5-3-12(7-17)4-6-13/h3-6,8,10-11,15H,9H2,1-2H3. The minimum atomic E-state index is 0.512. The lowest BCUT2D eigenvalue weighted by molar-refractivity contribution is 0.891. The van der Waals surface area contributed by atoms with E-state index in [4.69, 9.17) is 10.2 Å². The molecule has 0 saturated carbocycles. The van der Waals surface area contributed by atoms with Crippen LogP contribution in [0.3, 0.4) is 0 Å². The molecule has 0 bridgehead atoms. The van der Waals surface area contributed by atoms with Crippen molar-refractivity contribution < 1.29 is 0 Å². The maximum atomic E-state index is 8.85. The highest BCUT2D eigenvalue weighted by molar-refractivity contribution is 8.07. The Bertz CT molecular complexity index is 657. The Balaban J connectivity index is 1.78. The summed E-state index contributed by atoms with van der Waals surface area (Å²) in [6, 6.07) is 9.80. The third kappa shape index (κ3) is 3.28. The van der Waals surface area contributed by atoms with Crippen LogP contribution in [0.1, 0.15) is 29.7 Å². The molecule has 2 heterocycles. The number of thioether (sulfide) groups is 2. The lowest BCUT2D eigenvalue weighted by Crippen LogP contribution is -2.21. The monoisotopic (exact) mass is 332 g/mol. The maximum absolute atomic E-state index is 8.85. The van der Waals surface area contributed by atoms with E-state index in [1.807, 2.05) is 47.8 Å². The summed E-state index contributed by atoms with van der Waals surface area (Å²) in [5.74, 6) is 1.15. The lowest BCUT2D eigenvalue weighted by Gasteiger charge is -2.30. The molecule has 0 N–H and O–H groups in total. The Morgan fingerprint density at radius 3 is 2.62 bits per heavy atom. The van der Waals surface area contributed by atoms with Gasteiger partial charge in [-0.3, -0.25) is 0 Å². The van der Waals surface area contributed by atoms with Gasteiger partial charge in [0.15, 0.2) is 0 Å². The third-order valence-electron chi connectivity index (χ3n) is 3.66. The van der Waals surface area contributed by atoms with Gasteiger partial charge in [-0.05, 0) is 12.1 Å². The number of nitriles is 1. The summed E-state index contributed by atoms with van der Waals surface area (Å²) in [7, 11) is 0. The largest absolute Gasteiger partial charge is 0.240 e. The Hall–Kier alpha value is -0.960. The lowest BCUT2D eigenvalue weighted by atomic mass is 10.1. The second kappa shape index (κ2) is 6.43. The summed E-state index contributed by atoms with van der Waals surface area (Å²) in [5, 5.41) is 14.1. The fourth-order valence-corrected chi connectivity index (χ4v) is 6.24. The zero-order valence-corrected chi connectivity index (χ0v) is 14.4. The number of rotatable bonds is 2. The van der Waals surface area contributed by atoms with Crippen LogP contribution in [0.15, 0.2) is 29.6 Å². The fourth-order valence-electron chi connectivity index (χ4n) is 2.20. The Labute approximate surface area is 138 Å². The molecule has 3 unspecified atom stereocenters. The maximum Gasteiger partial charge on any atom is 0.107 e. The van der Waals surface area contributed by atoms with Crippen LogP contribution in [0.25, 0.3) is 11.3 Å². The van der Waals surface area contributed by atoms with Crippen molar-refractivity contribution in [1.29, 1.82) is 5.26 Å². The molecular formula is C16H16N2S3. The van der Waals surface area contributed by atoms with Crippen LogP contribution in [0.5, 0.6) is 0 Å². The van der Waals surface area contributed by atoms with Crippen molar-refractivity contribution in [3.05, 3.63) is 40.2 Å². The summed E-state index contributed by atoms with van der Waals surface area (Å²) in [6.07, 6.45) is 0. The van der Waals surface area contributed by atoms with Crippen LogP contribution in [0.2, 0.25) is 0 Å². The molecule has 0 spiro atoms. The van der Waals surface area contributed by atoms with Gasteiger partial charge in [-0.25, -0.2) is 4.98 Å². The molecule has 3 atom stereocenters. The van der Waals surface area contributed by atoms with Crippen molar-refractivity contribution in [2.45, 2.75) is 29.6 Å². The average Bonchev–Trinajstić information content (AvgIpc) is 3.00. The number of nitrogens with zero attached hydrogens (tertiary/aromatic N) is 2. The van der Waals surface area contributed by atoms with Crippen LogP contribution in [0, 0.1) is 11.3 Å². The van der Waals surface area contributed by atoms with E-state index in [1.165, 1.54) is 5.01 Å². The molecule has 1 aliphatic rings. The molecule has 0 radical (unpaired) electrons. The highest BCUT2D eigenvalue weighted by Crippen LogP contribution is 2.45. The van der Waals surface area contributed by atoms with Gasteiger partial charge in [0.2, 0.25) is 0 Å². The summed E-state index contributed by atoms with van der Waals surface area (Å²) in [6.45, 7) is 4.62. The smallest absolute Gasteiger partial charge is 0.107 e. The van der Waals surface area contributed by atoms with Gasteiger partial charge in [0.1, 0.15) is 5.01 Å². The van der Waals surface area contributed by atoms with Crippen LogP contribution >= 0.6 is 34.9 Å². The van der Waals surface area contributed by atoms with Gasteiger partial charge >= 0.3 is 0 Å². The quantitative estimate of drug-likeness (QED) is 0.777. The average molecular weight is 333 g/mol. The van der Waals surface area contributed by atoms with Crippen LogP contribution in [-0.4, -0.2) is 21.2 Å². The fraction of sp³-hybridized carbons (Fsp3) is 0.375. The van der Waals surface area contributed by atoms with Crippen molar-refractivity contribution in [2.75, 3.05) is 5.75 Å². The first-order valence-corrected chi connectivity index (χ1v) is 9.77. The van der Waals surface area contributed by atoms with E-state index >= 15 is 0 Å². The number of benzene rings is 1. The molecule has 3 rings (SSSR count). The molecule has 0 aliphatic carbocycles. The van der Waals surface area contributed by atoms with Crippen LogP contribution in [0.4, 0.5) is 0 Å². The molecular weight excluding hydrogens is 316 g/mol. The highest BCUT2D eigenvalue weighted by Gasteiger charge is 2.28. The topological polar surface area (TPSA) is 36.7 Å². The molecule has 1 saturated heterocycles. The van der Waals surface area contributed by atoms with E-state index < -0.39 is 0 Å². The number of aromatic nitrogens is 1. The molecule has 1 aliphatic heterocycles. The SMILES string of the molecule is CC1SCC(c2nc(-c3ccc(C#N)cc3)cs2)SC1C. The van der Waals surface area contributed by atoms with Gasteiger partial charge in [0, 0.05) is 27.2 Å². The minimum Gasteiger partial charge on any atom is -0.240 e. The van der Waals surface area contributed by atoms with Crippen molar-refractivity contribution >= 4 is 34.9 Å². The van der Waals surface area contributed by atoms with Crippen molar-refractivity contribution in [3.63, 3.8) is 0 Å². The molecule has 1 aromatic heterocycles. The molecule has 5 heteroatoms. The molecule has 21 heavy (non-hydrogen) atoms. The summed E-state index contributed by atoms with van der Waals surface area (Å²) in [5.41, 5.74) is 2.80. The van der Waals surface area contributed by atoms with Crippen molar-refractivity contribution in [2.24, 2.45) is 0 Å². The first kappa shape index (κ1) is 15.0. The summed E-state index contributed by atoms with van der Waals surface area (Å²) >= 11 is 5.85. The Kier molecular flexibility index (Phi) is 4.58. The van der Waals surface area contributed by atoms with Crippen LogP contribution in [-0.2, 0) is 0 Å². The second-order valence-electron chi connectivity index (χ2n) is 5.13. The first-order chi connectivity index (χ1) is 10.2. The normalized spacial score (nSPS) is 25.5. The van der Waals surface area contributed by atoms with Crippen molar-refractivity contribution in [1.82, 2.24) is 4.98 Å². The Morgan fingerprint density at radius 1 is 1.19 bits per heavy atom. The molecule has 1 aromatic carbocycles. The van der Waals surface area contributed by atoms with Gasteiger partial charge in [-0.15, -0.1) is 23.1 Å². The van der Waals surface area contributed by atoms with Gasteiger partial charge in [0.05, 0.1) is 22.6 Å². The molecule has 108 valence electrons. The molecule has 2 aromatic rings. The first-order valence-electron chi connectivity index (χ1n) is 6.90. The van der Waals surface area contributed by atoms with Gasteiger partial charge in [-0.2, -0.15) is 17.0 Å². The molecule has 0 amide bonds. The van der Waals surface area contributed by atoms with Gasteiger partial charge < -0.3 is 0 Å². The van der Waals surface area contributed by atoms with E-state index in [9.17, 15) is 0 Å². The second-order valence-corrected chi connectivity index (χ2v) is 9.01. The van der Waals surface area contributed by atoms with Gasteiger partial charge in [-0.1, -0.05) is 26.0 Å². The molecule has 2 nitrogen and oxygen atoms in total. The predicted molar refractivity (Wildman–Crippen MR) is 94.0 cm³/mol. The minimum absolute atomic E-state index is 0.512. The van der Waals surface area contributed by atoms with E-state index in [0.29, 0.717) is 16.1 Å². The Morgan fingerprint density at radius 2 is 1.95 bits per heavy atom. The number of hydrogen-bond acceptors (Lipinski definition) is 5. The summed E-state index contributed by atoms with van der Waals surface area (Å²) in [4.78, 5) is 4.82. The molecule has 1 fully saturated rings. The van der Waals surface area contributed by atoms with Crippen molar-refractivity contribution in [3.8, 4) is 17.3 Å². The third-order valence-corrected chi connectivity index (χ3v) is 8.16. The van der Waals surface area contributed by atoms with Gasteiger partial charge in [0.25, 0.3) is 0 Å². The van der Waals surface area contributed by atoms with Crippen LogP contribution < -0.4 is 0 Å². The predicted octanol–water partition coefficient (Wildman–Crippen LogP) is 4.98.